The molecule has 4 aromatic rings. The Bertz CT molecular complexity index is 1240. The van der Waals surface area contributed by atoms with Crippen molar-refractivity contribution >= 4 is 17.4 Å². The van der Waals surface area contributed by atoms with Gasteiger partial charge in [0.1, 0.15) is 6.33 Å². The summed E-state index contributed by atoms with van der Waals surface area (Å²) in [6, 6.07) is 16.4. The Morgan fingerprint density at radius 2 is 1.79 bits per heavy atom. The number of rotatable bonds is 3. The Hall–Kier alpha value is -3.54. The van der Waals surface area contributed by atoms with Crippen molar-refractivity contribution in [2.24, 2.45) is 0 Å². The fraction of sp³-hybridized carbons (Fsp3) is 0.217. The third-order valence-electron chi connectivity index (χ3n) is 5.71. The van der Waals surface area contributed by atoms with Gasteiger partial charge in [-0.15, -0.1) is 0 Å². The SMILES string of the molecule is Cc1nc2ncnn2c(C)c1CCC(=O)N1Cc2ccccc2-c2ccccc21. The summed E-state index contributed by atoms with van der Waals surface area (Å²) < 4.78 is 1.74. The number of anilines is 1. The number of carbonyl (C=O) groups is 1. The van der Waals surface area contributed by atoms with Crippen LogP contribution >= 0.6 is 0 Å². The van der Waals surface area contributed by atoms with Gasteiger partial charge in [-0.05, 0) is 43.0 Å². The zero-order valence-electron chi connectivity index (χ0n) is 16.5. The Balaban J connectivity index is 1.44. The lowest BCUT2D eigenvalue weighted by Crippen LogP contribution is -2.33. The maximum atomic E-state index is 13.3. The summed E-state index contributed by atoms with van der Waals surface area (Å²) in [4.78, 5) is 23.8. The number of carbonyl (C=O) groups excluding carboxylic acids is 1. The maximum absolute atomic E-state index is 13.3. The van der Waals surface area contributed by atoms with E-state index in [1.807, 2.05) is 49.1 Å². The minimum absolute atomic E-state index is 0.115. The standard InChI is InChI=1S/C23H21N5O/c1-15-18(16(2)28-23(26-15)24-14-25-28)11-12-22(29)27-13-17-7-3-4-8-19(17)20-9-5-6-10-21(20)27/h3-10,14H,11-13H2,1-2H3. The molecule has 1 aliphatic rings. The summed E-state index contributed by atoms with van der Waals surface area (Å²) in [5.74, 6) is 0.709. The van der Waals surface area contributed by atoms with E-state index in [-0.39, 0.29) is 5.91 Å². The number of para-hydroxylation sites is 1. The van der Waals surface area contributed by atoms with Gasteiger partial charge in [-0.25, -0.2) is 9.50 Å². The number of benzene rings is 2. The van der Waals surface area contributed by atoms with E-state index >= 15 is 0 Å². The first-order valence-corrected chi connectivity index (χ1v) is 9.77. The summed E-state index contributed by atoms with van der Waals surface area (Å²) >= 11 is 0. The molecule has 0 fully saturated rings. The van der Waals surface area contributed by atoms with Crippen LogP contribution in [0.5, 0.6) is 0 Å². The molecule has 0 bridgehead atoms. The van der Waals surface area contributed by atoms with Crippen LogP contribution in [0.3, 0.4) is 0 Å². The van der Waals surface area contributed by atoms with Gasteiger partial charge in [-0.2, -0.15) is 10.1 Å². The van der Waals surface area contributed by atoms with Crippen molar-refractivity contribution in [1.82, 2.24) is 19.6 Å². The lowest BCUT2D eigenvalue weighted by molar-refractivity contribution is -0.118. The Morgan fingerprint density at radius 3 is 2.66 bits per heavy atom. The van der Waals surface area contributed by atoms with E-state index in [0.29, 0.717) is 25.2 Å². The van der Waals surface area contributed by atoms with Crippen molar-refractivity contribution in [3.8, 4) is 11.1 Å². The average molecular weight is 383 g/mol. The summed E-state index contributed by atoms with van der Waals surface area (Å²) in [5, 5.41) is 4.24. The minimum atomic E-state index is 0.115. The third-order valence-corrected chi connectivity index (χ3v) is 5.71. The summed E-state index contributed by atoms with van der Waals surface area (Å²) in [5.41, 5.74) is 7.43. The molecule has 1 amide bonds. The second-order valence-electron chi connectivity index (χ2n) is 7.39. The minimum Gasteiger partial charge on any atom is -0.307 e. The molecule has 0 spiro atoms. The Kier molecular flexibility index (Phi) is 4.12. The first-order chi connectivity index (χ1) is 14.1. The van der Waals surface area contributed by atoms with Crippen molar-refractivity contribution in [2.75, 3.05) is 4.90 Å². The largest absolute Gasteiger partial charge is 0.307 e. The van der Waals surface area contributed by atoms with E-state index in [1.54, 1.807) is 4.52 Å². The zero-order chi connectivity index (χ0) is 20.0. The van der Waals surface area contributed by atoms with Gasteiger partial charge in [-0.1, -0.05) is 42.5 Å². The molecular weight excluding hydrogens is 362 g/mol. The van der Waals surface area contributed by atoms with Crippen molar-refractivity contribution in [1.29, 1.82) is 0 Å². The number of nitrogens with zero attached hydrogens (tertiary/aromatic N) is 5. The third kappa shape index (κ3) is 2.88. The van der Waals surface area contributed by atoms with Crippen molar-refractivity contribution in [3.05, 3.63) is 77.4 Å². The number of aryl methyl sites for hydroxylation is 2. The highest BCUT2D eigenvalue weighted by Crippen LogP contribution is 2.39. The molecule has 0 atom stereocenters. The van der Waals surface area contributed by atoms with Gasteiger partial charge >= 0.3 is 0 Å². The molecule has 144 valence electrons. The molecule has 0 saturated heterocycles. The summed E-state index contributed by atoms with van der Waals surface area (Å²) in [6.07, 6.45) is 2.55. The predicted octanol–water partition coefficient (Wildman–Crippen LogP) is 3.89. The zero-order valence-corrected chi connectivity index (χ0v) is 16.5. The van der Waals surface area contributed by atoms with Crippen LogP contribution in [0.2, 0.25) is 0 Å². The number of hydrogen-bond acceptors (Lipinski definition) is 4. The normalized spacial score (nSPS) is 12.7. The molecule has 2 aromatic heterocycles. The molecule has 0 N–H and O–H groups in total. The van der Waals surface area contributed by atoms with Crippen molar-refractivity contribution in [3.63, 3.8) is 0 Å². The van der Waals surface area contributed by atoms with E-state index in [2.05, 4.69) is 33.3 Å². The summed E-state index contributed by atoms with van der Waals surface area (Å²) in [7, 11) is 0. The highest BCUT2D eigenvalue weighted by Gasteiger charge is 2.26. The van der Waals surface area contributed by atoms with E-state index < -0.39 is 0 Å². The lowest BCUT2D eigenvalue weighted by Gasteiger charge is -2.31. The lowest BCUT2D eigenvalue weighted by atomic mass is 9.93. The van der Waals surface area contributed by atoms with Crippen LogP contribution in [-0.4, -0.2) is 25.5 Å². The molecule has 5 rings (SSSR count). The van der Waals surface area contributed by atoms with Crippen molar-refractivity contribution in [2.45, 2.75) is 33.2 Å². The van der Waals surface area contributed by atoms with Gasteiger partial charge in [0.25, 0.3) is 5.78 Å². The molecule has 2 aromatic carbocycles. The number of hydrogen-bond donors (Lipinski definition) is 0. The fourth-order valence-electron chi connectivity index (χ4n) is 4.22. The highest BCUT2D eigenvalue weighted by molar-refractivity contribution is 6.00. The van der Waals surface area contributed by atoms with Crippen LogP contribution in [0.1, 0.15) is 28.9 Å². The fourth-order valence-corrected chi connectivity index (χ4v) is 4.22. The Labute approximate surface area is 168 Å². The maximum Gasteiger partial charge on any atom is 0.252 e. The van der Waals surface area contributed by atoms with Gasteiger partial charge < -0.3 is 4.90 Å². The molecule has 1 aliphatic heterocycles. The molecular formula is C23H21N5O. The quantitative estimate of drug-likeness (QED) is 0.538. The summed E-state index contributed by atoms with van der Waals surface area (Å²) in [6.45, 7) is 4.57. The van der Waals surface area contributed by atoms with Crippen LogP contribution in [-0.2, 0) is 17.8 Å². The van der Waals surface area contributed by atoms with E-state index in [9.17, 15) is 4.79 Å². The van der Waals surface area contributed by atoms with E-state index in [0.717, 1.165) is 28.2 Å². The number of fused-ring (bicyclic) bond motifs is 4. The van der Waals surface area contributed by atoms with Crippen LogP contribution in [0.25, 0.3) is 16.9 Å². The van der Waals surface area contributed by atoms with Gasteiger partial charge in [0, 0.05) is 23.4 Å². The van der Waals surface area contributed by atoms with Crippen LogP contribution in [0, 0.1) is 13.8 Å². The van der Waals surface area contributed by atoms with Crippen LogP contribution in [0.15, 0.2) is 54.9 Å². The van der Waals surface area contributed by atoms with Gasteiger partial charge in [0.2, 0.25) is 5.91 Å². The second-order valence-corrected chi connectivity index (χ2v) is 7.39. The Morgan fingerprint density at radius 1 is 1.03 bits per heavy atom. The first-order valence-electron chi connectivity index (χ1n) is 9.77. The van der Waals surface area contributed by atoms with E-state index in [4.69, 9.17) is 0 Å². The van der Waals surface area contributed by atoms with Gasteiger partial charge in [0.15, 0.2) is 0 Å². The molecule has 0 aliphatic carbocycles. The highest BCUT2D eigenvalue weighted by atomic mass is 16.2. The first kappa shape index (κ1) is 17.6. The molecule has 3 heterocycles. The smallest absolute Gasteiger partial charge is 0.252 e. The van der Waals surface area contributed by atoms with Gasteiger partial charge in [-0.3, -0.25) is 4.79 Å². The molecule has 29 heavy (non-hydrogen) atoms. The average Bonchev–Trinajstić information content (AvgIpc) is 3.21. The van der Waals surface area contributed by atoms with Crippen LogP contribution < -0.4 is 4.90 Å². The molecule has 6 heteroatoms. The monoisotopic (exact) mass is 383 g/mol. The molecule has 0 radical (unpaired) electrons. The van der Waals surface area contributed by atoms with Crippen molar-refractivity contribution < 1.29 is 4.79 Å². The second kappa shape index (κ2) is 6.81. The number of aromatic nitrogens is 4. The molecule has 0 saturated carbocycles. The molecule has 0 unspecified atom stereocenters. The predicted molar refractivity (Wildman–Crippen MR) is 112 cm³/mol. The van der Waals surface area contributed by atoms with Crippen LogP contribution in [0.4, 0.5) is 5.69 Å². The topological polar surface area (TPSA) is 63.4 Å². The van der Waals surface area contributed by atoms with Gasteiger partial charge in [0.05, 0.1) is 12.2 Å². The van der Waals surface area contributed by atoms with E-state index in [1.165, 1.54) is 17.5 Å². The number of amides is 1. The molecule has 6 nitrogen and oxygen atoms in total.